The van der Waals surface area contributed by atoms with E-state index in [0.717, 1.165) is 5.56 Å². The van der Waals surface area contributed by atoms with Crippen LogP contribution >= 0.6 is 11.6 Å². The second-order valence-corrected chi connectivity index (χ2v) is 6.75. The number of para-hydroxylation sites is 1. The third-order valence-electron chi connectivity index (χ3n) is 4.41. The average molecular weight is 405 g/mol. The highest BCUT2D eigenvalue weighted by molar-refractivity contribution is 6.32. The Balaban J connectivity index is 1.76. The van der Waals surface area contributed by atoms with Gasteiger partial charge in [-0.3, -0.25) is 14.8 Å². The van der Waals surface area contributed by atoms with Gasteiger partial charge in [0.15, 0.2) is 5.69 Å². The largest absolute Gasteiger partial charge is 0.344 e. The topological polar surface area (TPSA) is 85.6 Å². The summed E-state index contributed by atoms with van der Waals surface area (Å²) in [7, 11) is 0. The number of carbonyl (C=O) groups excluding carboxylic acids is 1. The van der Waals surface area contributed by atoms with Crippen molar-refractivity contribution in [1.29, 1.82) is 0 Å². The van der Waals surface area contributed by atoms with Crippen LogP contribution < -0.4 is 5.32 Å². The molecular weight excluding hydrogens is 388 g/mol. The van der Waals surface area contributed by atoms with Gasteiger partial charge in [-0.1, -0.05) is 41.1 Å². The summed E-state index contributed by atoms with van der Waals surface area (Å²) in [6, 6.07) is 16.1. The predicted octanol–water partition coefficient (Wildman–Crippen LogP) is 3.87. The zero-order valence-corrected chi connectivity index (χ0v) is 16.3. The summed E-state index contributed by atoms with van der Waals surface area (Å²) >= 11 is 6.35. The first-order valence-electron chi connectivity index (χ1n) is 8.98. The molecule has 0 fully saturated rings. The van der Waals surface area contributed by atoms with Crippen molar-refractivity contribution >= 4 is 17.5 Å². The first kappa shape index (κ1) is 18.8. The normalized spacial score (nSPS) is 11.8. The molecule has 0 spiro atoms. The van der Waals surface area contributed by atoms with Gasteiger partial charge in [0.05, 0.1) is 22.4 Å². The summed E-state index contributed by atoms with van der Waals surface area (Å²) in [6.45, 7) is 1.88. The smallest absolute Gasteiger partial charge is 0.274 e. The molecule has 0 aliphatic rings. The van der Waals surface area contributed by atoms with E-state index in [1.165, 1.54) is 4.68 Å². The van der Waals surface area contributed by atoms with Gasteiger partial charge in [-0.15, -0.1) is 5.10 Å². The number of carbonyl (C=O) groups is 1. The third-order valence-corrected chi connectivity index (χ3v) is 4.73. The highest BCUT2D eigenvalue weighted by Gasteiger charge is 2.25. The Hall–Kier alpha value is -3.58. The number of pyridine rings is 2. The SMILES string of the molecule is C[C@H](NC(=O)c1nnn(-c2ccccc2Cl)c1-c1ccccn1)c1cccnc1. The van der Waals surface area contributed by atoms with Crippen LogP contribution in [0.1, 0.15) is 29.0 Å². The minimum absolute atomic E-state index is 0.166. The first-order valence-corrected chi connectivity index (χ1v) is 9.35. The first-order chi connectivity index (χ1) is 14.1. The van der Waals surface area contributed by atoms with E-state index in [0.29, 0.717) is 22.1 Å². The van der Waals surface area contributed by atoms with Gasteiger partial charge in [-0.05, 0) is 42.8 Å². The van der Waals surface area contributed by atoms with Gasteiger partial charge in [0, 0.05) is 18.6 Å². The Morgan fingerprint density at radius 2 is 1.90 bits per heavy atom. The van der Waals surface area contributed by atoms with Crippen LogP contribution in [0.2, 0.25) is 5.02 Å². The fourth-order valence-corrected chi connectivity index (χ4v) is 3.16. The Labute approximate surface area is 172 Å². The Morgan fingerprint density at radius 3 is 2.62 bits per heavy atom. The van der Waals surface area contributed by atoms with Gasteiger partial charge in [-0.25, -0.2) is 4.68 Å². The summed E-state index contributed by atoms with van der Waals surface area (Å²) in [5.74, 6) is -0.361. The molecule has 1 amide bonds. The molecule has 0 aliphatic heterocycles. The van der Waals surface area contributed by atoms with Crippen molar-refractivity contribution in [3.8, 4) is 17.1 Å². The quantitative estimate of drug-likeness (QED) is 0.545. The second kappa shape index (κ2) is 8.20. The molecule has 1 aromatic carbocycles. The lowest BCUT2D eigenvalue weighted by molar-refractivity contribution is 0.0935. The van der Waals surface area contributed by atoms with E-state index in [1.807, 2.05) is 43.3 Å². The summed E-state index contributed by atoms with van der Waals surface area (Å²) in [5, 5.41) is 11.8. The van der Waals surface area contributed by atoms with Crippen molar-refractivity contribution in [3.63, 3.8) is 0 Å². The molecule has 1 N–H and O–H groups in total. The van der Waals surface area contributed by atoms with Crippen LogP contribution in [0.3, 0.4) is 0 Å². The molecule has 0 radical (unpaired) electrons. The van der Waals surface area contributed by atoms with Crippen LogP contribution in [-0.2, 0) is 0 Å². The van der Waals surface area contributed by atoms with Gasteiger partial charge in [0.25, 0.3) is 5.91 Å². The van der Waals surface area contributed by atoms with E-state index in [4.69, 9.17) is 11.6 Å². The molecule has 0 saturated carbocycles. The van der Waals surface area contributed by atoms with Crippen LogP contribution in [-0.4, -0.2) is 30.9 Å². The lowest BCUT2D eigenvalue weighted by Gasteiger charge is -2.14. The number of benzene rings is 1. The molecule has 0 bridgehead atoms. The highest BCUT2D eigenvalue weighted by Crippen LogP contribution is 2.27. The molecule has 7 nitrogen and oxygen atoms in total. The van der Waals surface area contributed by atoms with E-state index in [9.17, 15) is 4.79 Å². The summed E-state index contributed by atoms with van der Waals surface area (Å²) in [6.07, 6.45) is 5.05. The lowest BCUT2D eigenvalue weighted by atomic mass is 10.1. The molecule has 144 valence electrons. The fraction of sp³-hybridized carbons (Fsp3) is 0.0952. The lowest BCUT2D eigenvalue weighted by Crippen LogP contribution is -2.27. The Kier molecular flexibility index (Phi) is 5.31. The van der Waals surface area contributed by atoms with Gasteiger partial charge in [0.1, 0.15) is 5.69 Å². The number of amides is 1. The van der Waals surface area contributed by atoms with Gasteiger partial charge >= 0.3 is 0 Å². The van der Waals surface area contributed by atoms with Crippen molar-refractivity contribution in [2.45, 2.75) is 13.0 Å². The minimum Gasteiger partial charge on any atom is -0.344 e. The van der Waals surface area contributed by atoms with E-state index < -0.39 is 0 Å². The number of halogens is 1. The summed E-state index contributed by atoms with van der Waals surface area (Å²) in [5.41, 5.74) is 2.70. The number of aromatic nitrogens is 5. The summed E-state index contributed by atoms with van der Waals surface area (Å²) < 4.78 is 1.54. The molecule has 29 heavy (non-hydrogen) atoms. The monoisotopic (exact) mass is 404 g/mol. The minimum atomic E-state index is -0.361. The van der Waals surface area contributed by atoms with Crippen molar-refractivity contribution < 1.29 is 4.79 Å². The van der Waals surface area contributed by atoms with Gasteiger partial charge in [-0.2, -0.15) is 0 Å². The maximum Gasteiger partial charge on any atom is 0.274 e. The van der Waals surface area contributed by atoms with E-state index in [-0.39, 0.29) is 17.6 Å². The van der Waals surface area contributed by atoms with Gasteiger partial charge in [0.2, 0.25) is 0 Å². The molecule has 0 unspecified atom stereocenters. The maximum absolute atomic E-state index is 13.0. The molecule has 8 heteroatoms. The zero-order valence-electron chi connectivity index (χ0n) is 15.5. The Bertz CT molecular complexity index is 1130. The molecule has 3 aromatic heterocycles. The van der Waals surface area contributed by atoms with Crippen LogP contribution in [0.4, 0.5) is 0 Å². The van der Waals surface area contributed by atoms with Crippen LogP contribution in [0.15, 0.2) is 73.2 Å². The standard InChI is InChI=1S/C21H17ClN6O/c1-14(15-7-6-11-23-13-15)25-21(29)19-20(17-9-4-5-12-24-17)28(27-26-19)18-10-3-2-8-16(18)22/h2-14H,1H3,(H,25,29)/t14-/m0/s1. The number of nitrogens with one attached hydrogen (secondary N) is 1. The predicted molar refractivity (Wildman–Crippen MR) is 110 cm³/mol. The second-order valence-electron chi connectivity index (χ2n) is 6.35. The van der Waals surface area contributed by atoms with Crippen LogP contribution in [0, 0.1) is 0 Å². The van der Waals surface area contributed by atoms with Crippen molar-refractivity contribution in [2.24, 2.45) is 0 Å². The van der Waals surface area contributed by atoms with Crippen LogP contribution in [0.5, 0.6) is 0 Å². The van der Waals surface area contributed by atoms with E-state index in [2.05, 4.69) is 25.6 Å². The number of rotatable bonds is 5. The molecule has 4 rings (SSSR count). The molecule has 0 aliphatic carbocycles. The van der Waals surface area contributed by atoms with Gasteiger partial charge < -0.3 is 5.32 Å². The van der Waals surface area contributed by atoms with Crippen molar-refractivity contribution in [2.75, 3.05) is 0 Å². The van der Waals surface area contributed by atoms with E-state index >= 15 is 0 Å². The number of hydrogen-bond acceptors (Lipinski definition) is 5. The third kappa shape index (κ3) is 3.86. The number of hydrogen-bond donors (Lipinski definition) is 1. The molecule has 4 aromatic rings. The molecule has 0 saturated heterocycles. The Morgan fingerprint density at radius 1 is 1.07 bits per heavy atom. The molecule has 1 atom stereocenters. The zero-order chi connectivity index (χ0) is 20.2. The van der Waals surface area contributed by atoms with E-state index in [1.54, 1.807) is 36.8 Å². The number of nitrogens with zero attached hydrogens (tertiary/aromatic N) is 5. The highest BCUT2D eigenvalue weighted by atomic mass is 35.5. The molecule has 3 heterocycles. The van der Waals surface area contributed by atoms with Crippen LogP contribution in [0.25, 0.3) is 17.1 Å². The van der Waals surface area contributed by atoms with Crippen molar-refractivity contribution in [3.05, 3.63) is 89.5 Å². The average Bonchev–Trinajstić information content (AvgIpc) is 3.20. The maximum atomic E-state index is 13.0. The fourth-order valence-electron chi connectivity index (χ4n) is 2.94. The summed E-state index contributed by atoms with van der Waals surface area (Å²) in [4.78, 5) is 21.5. The molecular formula is C21H17ClN6O. The van der Waals surface area contributed by atoms with Crippen molar-refractivity contribution in [1.82, 2.24) is 30.3 Å².